The summed E-state index contributed by atoms with van der Waals surface area (Å²) in [5.74, 6) is -0.243. The van der Waals surface area contributed by atoms with E-state index in [0.717, 1.165) is 22.4 Å². The smallest absolute Gasteiger partial charge is 0.269 e. The maximum atomic E-state index is 11.9. The normalized spacial score (nSPS) is 10.6. The van der Waals surface area contributed by atoms with Crippen molar-refractivity contribution < 1.29 is 9.72 Å². The molecule has 0 atom stereocenters. The summed E-state index contributed by atoms with van der Waals surface area (Å²) in [5, 5.41) is 13.4. The maximum absolute atomic E-state index is 11.9. The molecule has 0 saturated carbocycles. The highest BCUT2D eigenvalue weighted by Gasteiger charge is 2.04. The number of amides is 1. The number of non-ortho nitro benzene ring substituents is 1. The monoisotopic (exact) mass is 296 g/mol. The van der Waals surface area contributed by atoms with Crippen LogP contribution in [0.1, 0.15) is 16.7 Å². The van der Waals surface area contributed by atoms with Gasteiger partial charge in [0.15, 0.2) is 0 Å². The first kappa shape index (κ1) is 15.4. The summed E-state index contributed by atoms with van der Waals surface area (Å²) >= 11 is 0. The number of aryl methyl sites for hydroxylation is 2. The Bertz CT molecular complexity index is 734. The van der Waals surface area contributed by atoms with Gasteiger partial charge in [-0.3, -0.25) is 14.9 Å². The molecule has 0 fully saturated rings. The lowest BCUT2D eigenvalue weighted by molar-refractivity contribution is -0.384. The summed E-state index contributed by atoms with van der Waals surface area (Å²) in [5.41, 5.74) is 3.58. The van der Waals surface area contributed by atoms with Gasteiger partial charge in [0.2, 0.25) is 5.91 Å². The van der Waals surface area contributed by atoms with E-state index in [4.69, 9.17) is 0 Å². The fraction of sp³-hybridized carbons (Fsp3) is 0.118. The Labute approximate surface area is 128 Å². The third kappa shape index (κ3) is 4.02. The number of nitro benzene ring substituents is 1. The van der Waals surface area contributed by atoms with Crippen molar-refractivity contribution in [2.45, 2.75) is 13.8 Å². The van der Waals surface area contributed by atoms with Gasteiger partial charge < -0.3 is 5.32 Å². The Morgan fingerprint density at radius 3 is 2.45 bits per heavy atom. The van der Waals surface area contributed by atoms with Crippen molar-refractivity contribution in [2.75, 3.05) is 5.32 Å². The number of carbonyl (C=O) groups is 1. The molecule has 0 saturated heterocycles. The second kappa shape index (κ2) is 6.67. The topological polar surface area (TPSA) is 72.2 Å². The van der Waals surface area contributed by atoms with E-state index >= 15 is 0 Å². The third-order valence-electron chi connectivity index (χ3n) is 3.18. The molecule has 0 aromatic heterocycles. The minimum Gasteiger partial charge on any atom is -0.322 e. The summed E-state index contributed by atoms with van der Waals surface area (Å²) < 4.78 is 0. The minimum absolute atomic E-state index is 0.0250. The molecule has 22 heavy (non-hydrogen) atoms. The lowest BCUT2D eigenvalue weighted by atomic mass is 10.1. The number of hydrogen-bond donors (Lipinski definition) is 1. The van der Waals surface area contributed by atoms with E-state index < -0.39 is 4.92 Å². The Hall–Kier alpha value is -2.95. The lowest BCUT2D eigenvalue weighted by Gasteiger charge is -2.07. The molecule has 112 valence electrons. The van der Waals surface area contributed by atoms with Gasteiger partial charge in [0.25, 0.3) is 5.69 Å². The quantitative estimate of drug-likeness (QED) is 0.529. The first-order chi connectivity index (χ1) is 10.5. The summed E-state index contributed by atoms with van der Waals surface area (Å²) in [6.07, 6.45) is 3.02. The molecule has 2 rings (SSSR count). The number of carbonyl (C=O) groups excluding carboxylic acids is 1. The molecular formula is C17H16N2O3. The highest BCUT2D eigenvalue weighted by Crippen LogP contribution is 2.17. The molecule has 1 N–H and O–H groups in total. The van der Waals surface area contributed by atoms with E-state index in [1.807, 2.05) is 32.0 Å². The predicted molar refractivity (Wildman–Crippen MR) is 86.7 cm³/mol. The summed E-state index contributed by atoms with van der Waals surface area (Å²) in [7, 11) is 0. The van der Waals surface area contributed by atoms with Crippen LogP contribution in [-0.2, 0) is 4.79 Å². The Morgan fingerprint density at radius 1 is 1.14 bits per heavy atom. The van der Waals surface area contributed by atoms with Crippen LogP contribution in [0.2, 0.25) is 0 Å². The van der Waals surface area contributed by atoms with Crippen LogP contribution in [0, 0.1) is 24.0 Å². The van der Waals surface area contributed by atoms with E-state index in [-0.39, 0.29) is 11.6 Å². The molecule has 0 heterocycles. The standard InChI is InChI=1S/C17H16N2O3/c1-12-3-4-13(2)16(11-12)18-17(20)10-7-14-5-8-15(9-6-14)19(21)22/h3-11H,1-2H3,(H,18,20). The molecule has 0 aliphatic carbocycles. The van der Waals surface area contributed by atoms with Crippen molar-refractivity contribution in [3.8, 4) is 0 Å². The van der Waals surface area contributed by atoms with Gasteiger partial charge in [0, 0.05) is 23.9 Å². The summed E-state index contributed by atoms with van der Waals surface area (Å²) in [6, 6.07) is 11.8. The first-order valence-corrected chi connectivity index (χ1v) is 6.76. The summed E-state index contributed by atoms with van der Waals surface area (Å²) in [6.45, 7) is 3.89. The largest absolute Gasteiger partial charge is 0.322 e. The van der Waals surface area contributed by atoms with Gasteiger partial charge >= 0.3 is 0 Å². The molecule has 0 unspecified atom stereocenters. The van der Waals surface area contributed by atoms with Crippen LogP contribution in [0.4, 0.5) is 11.4 Å². The number of benzene rings is 2. The number of rotatable bonds is 4. The van der Waals surface area contributed by atoms with Crippen molar-refractivity contribution >= 4 is 23.4 Å². The fourth-order valence-electron chi connectivity index (χ4n) is 1.92. The zero-order valence-corrected chi connectivity index (χ0v) is 12.4. The number of hydrogen-bond acceptors (Lipinski definition) is 3. The number of nitrogens with zero attached hydrogens (tertiary/aromatic N) is 1. The Kier molecular flexibility index (Phi) is 4.68. The van der Waals surface area contributed by atoms with Gasteiger partial charge in [-0.2, -0.15) is 0 Å². The predicted octanol–water partition coefficient (Wildman–Crippen LogP) is 3.86. The molecule has 0 radical (unpaired) electrons. The molecule has 1 amide bonds. The second-order valence-electron chi connectivity index (χ2n) is 4.99. The van der Waals surface area contributed by atoms with Crippen LogP contribution in [0.5, 0.6) is 0 Å². The van der Waals surface area contributed by atoms with Crippen LogP contribution in [-0.4, -0.2) is 10.8 Å². The average molecular weight is 296 g/mol. The van der Waals surface area contributed by atoms with Crippen molar-refractivity contribution in [1.29, 1.82) is 0 Å². The molecule has 0 spiro atoms. The highest BCUT2D eigenvalue weighted by molar-refractivity contribution is 6.02. The van der Waals surface area contributed by atoms with Gasteiger partial charge in [-0.25, -0.2) is 0 Å². The zero-order valence-electron chi connectivity index (χ0n) is 12.4. The Morgan fingerprint density at radius 2 is 1.82 bits per heavy atom. The average Bonchev–Trinajstić information content (AvgIpc) is 2.49. The van der Waals surface area contributed by atoms with Crippen LogP contribution >= 0.6 is 0 Å². The molecule has 0 aliphatic rings. The van der Waals surface area contributed by atoms with E-state index in [2.05, 4.69) is 5.32 Å². The van der Waals surface area contributed by atoms with Crippen molar-refractivity contribution in [3.05, 3.63) is 75.3 Å². The number of nitrogens with one attached hydrogen (secondary N) is 1. The highest BCUT2D eigenvalue weighted by atomic mass is 16.6. The van der Waals surface area contributed by atoms with Gasteiger partial charge in [-0.15, -0.1) is 0 Å². The first-order valence-electron chi connectivity index (χ1n) is 6.76. The molecule has 2 aromatic rings. The molecule has 5 nitrogen and oxygen atoms in total. The van der Waals surface area contributed by atoms with Gasteiger partial charge in [-0.1, -0.05) is 12.1 Å². The molecule has 5 heteroatoms. The zero-order chi connectivity index (χ0) is 16.1. The summed E-state index contributed by atoms with van der Waals surface area (Å²) in [4.78, 5) is 22.0. The number of anilines is 1. The third-order valence-corrected chi connectivity index (χ3v) is 3.18. The van der Waals surface area contributed by atoms with Crippen molar-refractivity contribution in [1.82, 2.24) is 0 Å². The maximum Gasteiger partial charge on any atom is 0.269 e. The molecule has 0 aliphatic heterocycles. The molecular weight excluding hydrogens is 280 g/mol. The van der Waals surface area contributed by atoms with Crippen LogP contribution < -0.4 is 5.32 Å². The van der Waals surface area contributed by atoms with Gasteiger partial charge in [-0.05, 0) is 54.8 Å². The number of nitro groups is 1. The van der Waals surface area contributed by atoms with E-state index in [9.17, 15) is 14.9 Å². The van der Waals surface area contributed by atoms with Crippen LogP contribution in [0.25, 0.3) is 6.08 Å². The van der Waals surface area contributed by atoms with Crippen LogP contribution in [0.3, 0.4) is 0 Å². The van der Waals surface area contributed by atoms with Crippen molar-refractivity contribution in [2.24, 2.45) is 0 Å². The molecule has 0 bridgehead atoms. The molecule has 2 aromatic carbocycles. The minimum atomic E-state index is -0.458. The SMILES string of the molecule is Cc1ccc(C)c(NC(=O)C=Cc2ccc([N+](=O)[O-])cc2)c1. The Balaban J connectivity index is 2.05. The van der Waals surface area contributed by atoms with E-state index in [1.54, 1.807) is 18.2 Å². The van der Waals surface area contributed by atoms with E-state index in [1.165, 1.54) is 18.2 Å². The second-order valence-corrected chi connectivity index (χ2v) is 4.99. The van der Waals surface area contributed by atoms with Gasteiger partial charge in [0.05, 0.1) is 4.92 Å². The lowest BCUT2D eigenvalue weighted by Crippen LogP contribution is -2.09. The van der Waals surface area contributed by atoms with E-state index in [0.29, 0.717) is 0 Å². The van der Waals surface area contributed by atoms with Gasteiger partial charge in [0.1, 0.15) is 0 Å². The van der Waals surface area contributed by atoms with Crippen LogP contribution in [0.15, 0.2) is 48.5 Å². The van der Waals surface area contributed by atoms with Crippen molar-refractivity contribution in [3.63, 3.8) is 0 Å². The fourth-order valence-corrected chi connectivity index (χ4v) is 1.92.